The minimum absolute atomic E-state index is 0.0977. The number of carbonyl (C=O) groups excluding carboxylic acids is 1. The molecule has 0 aromatic carbocycles. The first kappa shape index (κ1) is 25.8. The molecule has 1 aliphatic rings. The summed E-state index contributed by atoms with van der Waals surface area (Å²) in [4.78, 5) is 13.2. The monoisotopic (exact) mass is 408 g/mol. The fourth-order valence-electron chi connectivity index (χ4n) is 4.70. The summed E-state index contributed by atoms with van der Waals surface area (Å²) in [5.74, 6) is 2.40. The van der Waals surface area contributed by atoms with Crippen LogP contribution in [-0.4, -0.2) is 16.8 Å². The lowest BCUT2D eigenvalue weighted by atomic mass is 9.63. The Labute approximate surface area is 180 Å². The fraction of sp³-hybridized carbons (Fsp3) is 0.885. The van der Waals surface area contributed by atoms with E-state index in [2.05, 4.69) is 53.7 Å². The lowest BCUT2D eigenvalue weighted by Crippen LogP contribution is -2.41. The third-order valence-electron chi connectivity index (χ3n) is 6.79. The first-order chi connectivity index (χ1) is 13.3. The summed E-state index contributed by atoms with van der Waals surface area (Å²) in [5.41, 5.74) is 0.0977. The molecule has 0 N–H and O–H groups in total. The molecule has 0 saturated heterocycles. The van der Waals surface area contributed by atoms with Gasteiger partial charge in [-0.2, -0.15) is 11.8 Å². The highest BCUT2D eigenvalue weighted by atomic mass is 32.2. The van der Waals surface area contributed by atoms with Crippen molar-refractivity contribution in [1.29, 1.82) is 0 Å². The number of Topliss-reactive ketones (excluding diaryl/α,β-unsaturated/α-hetero) is 1. The molecule has 2 heteroatoms. The van der Waals surface area contributed by atoms with Crippen molar-refractivity contribution in [2.45, 2.75) is 117 Å². The fourth-order valence-corrected chi connectivity index (χ4v) is 5.86. The summed E-state index contributed by atoms with van der Waals surface area (Å²) in [6.45, 7) is 13.5. The van der Waals surface area contributed by atoms with E-state index in [9.17, 15) is 4.79 Å². The van der Waals surface area contributed by atoms with Gasteiger partial charge in [0.1, 0.15) is 5.78 Å². The average molecular weight is 409 g/mol. The quantitative estimate of drug-likeness (QED) is 0.200. The van der Waals surface area contributed by atoms with E-state index in [0.717, 1.165) is 6.42 Å². The minimum Gasteiger partial charge on any atom is -0.299 e. The van der Waals surface area contributed by atoms with Crippen LogP contribution < -0.4 is 0 Å². The minimum atomic E-state index is 0.0977. The third kappa shape index (κ3) is 9.06. The van der Waals surface area contributed by atoms with Crippen LogP contribution in [0.3, 0.4) is 0 Å². The van der Waals surface area contributed by atoms with E-state index in [1.807, 2.05) is 11.8 Å². The summed E-state index contributed by atoms with van der Waals surface area (Å²) in [6, 6.07) is 0. The number of allylic oxidation sites excluding steroid dienone is 2. The van der Waals surface area contributed by atoms with E-state index < -0.39 is 0 Å². The maximum Gasteiger partial charge on any atom is 0.140 e. The van der Waals surface area contributed by atoms with Crippen molar-refractivity contribution < 1.29 is 4.79 Å². The predicted molar refractivity (Wildman–Crippen MR) is 128 cm³/mol. The topological polar surface area (TPSA) is 17.1 Å². The maximum atomic E-state index is 13.2. The molecule has 0 heterocycles. The van der Waals surface area contributed by atoms with E-state index in [1.54, 1.807) is 0 Å². The molecule has 0 radical (unpaired) electrons. The Balaban J connectivity index is 2.18. The van der Waals surface area contributed by atoms with Crippen molar-refractivity contribution in [2.75, 3.05) is 5.75 Å². The lowest BCUT2D eigenvalue weighted by Gasteiger charge is -2.40. The largest absolute Gasteiger partial charge is 0.299 e. The zero-order chi connectivity index (χ0) is 21.0. The van der Waals surface area contributed by atoms with Gasteiger partial charge in [0.05, 0.1) is 0 Å². The second-order valence-electron chi connectivity index (χ2n) is 9.91. The van der Waals surface area contributed by atoms with Crippen LogP contribution in [0.5, 0.6) is 0 Å². The van der Waals surface area contributed by atoms with E-state index in [4.69, 9.17) is 0 Å². The molecule has 4 unspecified atom stereocenters. The zero-order valence-corrected chi connectivity index (χ0v) is 20.6. The van der Waals surface area contributed by atoms with Crippen LogP contribution in [0.25, 0.3) is 0 Å². The Bertz CT molecular complexity index is 453. The van der Waals surface area contributed by atoms with Gasteiger partial charge in [-0.25, -0.2) is 0 Å². The highest BCUT2D eigenvalue weighted by Crippen LogP contribution is 2.43. The van der Waals surface area contributed by atoms with Gasteiger partial charge in [-0.3, -0.25) is 4.79 Å². The van der Waals surface area contributed by atoms with Crippen LogP contribution in [0.2, 0.25) is 0 Å². The molecule has 0 spiro atoms. The van der Waals surface area contributed by atoms with Crippen molar-refractivity contribution in [3.63, 3.8) is 0 Å². The van der Waals surface area contributed by atoms with Gasteiger partial charge in [-0.05, 0) is 29.9 Å². The predicted octanol–water partition coefficient (Wildman–Crippen LogP) is 8.47. The molecule has 0 fully saturated rings. The summed E-state index contributed by atoms with van der Waals surface area (Å²) >= 11 is 2.02. The van der Waals surface area contributed by atoms with Gasteiger partial charge in [0.15, 0.2) is 0 Å². The van der Waals surface area contributed by atoms with Gasteiger partial charge in [0.25, 0.3) is 0 Å². The number of rotatable bonds is 15. The second-order valence-corrected chi connectivity index (χ2v) is 11.4. The van der Waals surface area contributed by atoms with Crippen molar-refractivity contribution in [2.24, 2.45) is 23.2 Å². The maximum absolute atomic E-state index is 13.2. The molecule has 164 valence electrons. The van der Waals surface area contributed by atoms with Crippen LogP contribution in [0.1, 0.15) is 112 Å². The standard InChI is InChI=1S/C26H48OS/c1-7-8-9-10-11-12-13-14-15-16-20-28-23(4)22(3)25(27)24-21(2)18-17-19-26(24,5)6/h17-18,21-24H,7-16,19-20H2,1-6H3. The summed E-state index contributed by atoms with van der Waals surface area (Å²) in [7, 11) is 0. The highest BCUT2D eigenvalue weighted by molar-refractivity contribution is 7.99. The Hall–Kier alpha value is -0.240. The molecule has 4 atom stereocenters. The molecular weight excluding hydrogens is 360 g/mol. The first-order valence-electron chi connectivity index (χ1n) is 12.1. The molecule has 0 aliphatic heterocycles. The SMILES string of the molecule is CCCCCCCCCCCCSC(C)C(C)C(=O)C1C(C)C=CCC1(C)C. The lowest BCUT2D eigenvalue weighted by molar-refractivity contribution is -0.131. The van der Waals surface area contributed by atoms with E-state index in [-0.39, 0.29) is 17.3 Å². The molecule has 0 bridgehead atoms. The number of ketones is 1. The van der Waals surface area contributed by atoms with E-state index in [1.165, 1.54) is 70.0 Å². The number of hydrogen-bond donors (Lipinski definition) is 0. The van der Waals surface area contributed by atoms with Crippen molar-refractivity contribution in [1.82, 2.24) is 0 Å². The number of unbranched alkanes of at least 4 members (excludes halogenated alkanes) is 9. The third-order valence-corrected chi connectivity index (χ3v) is 8.25. The number of thioether (sulfide) groups is 1. The average Bonchev–Trinajstić information content (AvgIpc) is 2.64. The summed E-state index contributed by atoms with van der Waals surface area (Å²) in [6.07, 6.45) is 19.5. The first-order valence-corrected chi connectivity index (χ1v) is 13.2. The van der Waals surface area contributed by atoms with Crippen molar-refractivity contribution in [3.05, 3.63) is 12.2 Å². The Morgan fingerprint density at radius 1 is 1.00 bits per heavy atom. The smallest absolute Gasteiger partial charge is 0.140 e. The van der Waals surface area contributed by atoms with Crippen molar-refractivity contribution in [3.8, 4) is 0 Å². The van der Waals surface area contributed by atoms with Crippen LogP contribution in [0.4, 0.5) is 0 Å². The van der Waals surface area contributed by atoms with Gasteiger partial charge in [-0.1, -0.05) is 111 Å². The Morgan fingerprint density at radius 3 is 2.07 bits per heavy atom. The Kier molecular flexibility index (Phi) is 12.8. The van der Waals surface area contributed by atoms with E-state index >= 15 is 0 Å². The molecule has 28 heavy (non-hydrogen) atoms. The van der Waals surface area contributed by atoms with Crippen molar-refractivity contribution >= 4 is 17.5 Å². The molecule has 0 saturated carbocycles. The van der Waals surface area contributed by atoms with Gasteiger partial charge in [0.2, 0.25) is 0 Å². The Morgan fingerprint density at radius 2 is 1.54 bits per heavy atom. The molecule has 0 aromatic heterocycles. The normalized spacial score (nSPS) is 23.5. The molecule has 1 aliphatic carbocycles. The van der Waals surface area contributed by atoms with Gasteiger partial charge < -0.3 is 0 Å². The van der Waals surface area contributed by atoms with Crippen LogP contribution >= 0.6 is 11.8 Å². The molecule has 1 rings (SSSR count). The molecule has 0 amide bonds. The van der Waals surface area contributed by atoms with Gasteiger partial charge in [-0.15, -0.1) is 0 Å². The highest BCUT2D eigenvalue weighted by Gasteiger charge is 2.41. The van der Waals surface area contributed by atoms with E-state index in [0.29, 0.717) is 17.0 Å². The zero-order valence-electron chi connectivity index (χ0n) is 19.8. The second kappa shape index (κ2) is 13.9. The van der Waals surface area contributed by atoms with Crippen LogP contribution in [0, 0.1) is 23.2 Å². The number of hydrogen-bond acceptors (Lipinski definition) is 2. The number of carbonyl (C=O) groups is 1. The summed E-state index contributed by atoms with van der Waals surface area (Å²) < 4.78 is 0. The molecule has 1 nitrogen and oxygen atoms in total. The van der Waals surface area contributed by atoms with Crippen LogP contribution in [0.15, 0.2) is 12.2 Å². The molecular formula is C26H48OS. The van der Waals surface area contributed by atoms with Crippen LogP contribution in [-0.2, 0) is 4.79 Å². The summed E-state index contributed by atoms with van der Waals surface area (Å²) in [5, 5.41) is 0.431. The van der Waals surface area contributed by atoms with Gasteiger partial charge in [0, 0.05) is 17.1 Å². The molecule has 0 aromatic rings. The van der Waals surface area contributed by atoms with Gasteiger partial charge >= 0.3 is 0 Å².